The molecule has 1 aromatic carbocycles. The lowest BCUT2D eigenvalue weighted by molar-refractivity contribution is 0.0787. The van der Waals surface area contributed by atoms with Crippen LogP contribution in [0.4, 0.5) is 5.69 Å². The third kappa shape index (κ3) is 2.57. The predicted octanol–water partition coefficient (Wildman–Crippen LogP) is 3.45. The van der Waals surface area contributed by atoms with Crippen LogP contribution in [0.25, 0.3) is 0 Å². The number of nitrogens with zero attached hydrogens (tertiary/aromatic N) is 1. The average molecular weight is 287 g/mol. The van der Waals surface area contributed by atoms with Crippen molar-refractivity contribution in [3.8, 4) is 0 Å². The van der Waals surface area contributed by atoms with Crippen LogP contribution >= 0.6 is 23.2 Å². The van der Waals surface area contributed by atoms with Gasteiger partial charge in [-0.15, -0.1) is 0 Å². The minimum atomic E-state index is -0.0786. The summed E-state index contributed by atoms with van der Waals surface area (Å²) in [6, 6.07) is 3.15. The zero-order chi connectivity index (χ0) is 13.3. The number of carbonyl (C=O) groups is 1. The molecule has 2 N–H and O–H groups in total. The van der Waals surface area contributed by atoms with Crippen molar-refractivity contribution in [3.63, 3.8) is 0 Å². The van der Waals surface area contributed by atoms with Crippen LogP contribution in [0.2, 0.25) is 10.0 Å². The zero-order valence-electron chi connectivity index (χ0n) is 10.2. The van der Waals surface area contributed by atoms with E-state index in [-0.39, 0.29) is 10.9 Å². The molecule has 2 rings (SSSR count). The van der Waals surface area contributed by atoms with E-state index in [1.165, 1.54) is 0 Å². The highest BCUT2D eigenvalue weighted by atomic mass is 35.5. The molecule has 1 heterocycles. The van der Waals surface area contributed by atoms with E-state index in [2.05, 4.69) is 6.92 Å². The number of anilines is 1. The maximum Gasteiger partial charge on any atom is 0.255 e. The van der Waals surface area contributed by atoms with Crippen molar-refractivity contribution in [2.75, 3.05) is 18.8 Å². The second-order valence-corrected chi connectivity index (χ2v) is 5.46. The third-order valence-corrected chi connectivity index (χ3v) is 4.23. The molecule has 0 aliphatic carbocycles. The first kappa shape index (κ1) is 13.5. The fraction of sp³-hybridized carbons (Fsp3) is 0.462. The Labute approximate surface area is 117 Å². The van der Waals surface area contributed by atoms with Crippen LogP contribution in [0.1, 0.15) is 30.1 Å². The Balaban J connectivity index is 2.24. The number of halogens is 2. The molecule has 5 heteroatoms. The fourth-order valence-electron chi connectivity index (χ4n) is 2.29. The van der Waals surface area contributed by atoms with Crippen LogP contribution in [-0.2, 0) is 0 Å². The van der Waals surface area contributed by atoms with Crippen LogP contribution in [0, 0.1) is 5.92 Å². The van der Waals surface area contributed by atoms with Crippen LogP contribution in [0.15, 0.2) is 12.1 Å². The molecule has 1 amide bonds. The molecule has 0 spiro atoms. The lowest BCUT2D eigenvalue weighted by Crippen LogP contribution is -2.29. The molecule has 1 aliphatic heterocycles. The topological polar surface area (TPSA) is 46.3 Å². The maximum absolute atomic E-state index is 12.4. The summed E-state index contributed by atoms with van der Waals surface area (Å²) in [6.07, 6.45) is 2.14. The summed E-state index contributed by atoms with van der Waals surface area (Å²) >= 11 is 12.0. The Bertz CT molecular complexity index is 476. The standard InChI is InChI=1S/C13H16Cl2N2O/c1-2-8-3-4-17(7-8)13(18)10-5-9(16)6-11(14)12(10)15/h5-6,8H,2-4,7,16H2,1H3. The van der Waals surface area contributed by atoms with Crippen molar-refractivity contribution in [3.05, 3.63) is 27.7 Å². The highest BCUT2D eigenvalue weighted by Gasteiger charge is 2.27. The van der Waals surface area contributed by atoms with E-state index in [9.17, 15) is 4.79 Å². The molecule has 1 aromatic rings. The SMILES string of the molecule is CCC1CCN(C(=O)c2cc(N)cc(Cl)c2Cl)C1. The van der Waals surface area contributed by atoms with E-state index in [0.29, 0.717) is 22.2 Å². The normalized spacial score (nSPS) is 19.3. The van der Waals surface area contributed by atoms with Gasteiger partial charge in [0.25, 0.3) is 5.91 Å². The largest absolute Gasteiger partial charge is 0.399 e. The minimum absolute atomic E-state index is 0.0786. The van der Waals surface area contributed by atoms with Gasteiger partial charge in [0.05, 0.1) is 15.6 Å². The van der Waals surface area contributed by atoms with Gasteiger partial charge in [-0.05, 0) is 24.5 Å². The zero-order valence-corrected chi connectivity index (χ0v) is 11.8. The lowest BCUT2D eigenvalue weighted by atomic mass is 10.1. The summed E-state index contributed by atoms with van der Waals surface area (Å²) in [5, 5.41) is 0.613. The summed E-state index contributed by atoms with van der Waals surface area (Å²) in [7, 11) is 0. The van der Waals surface area contributed by atoms with Gasteiger partial charge in [-0.25, -0.2) is 0 Å². The van der Waals surface area contributed by atoms with E-state index in [1.54, 1.807) is 12.1 Å². The number of amides is 1. The van der Waals surface area contributed by atoms with Crippen molar-refractivity contribution in [2.24, 2.45) is 5.92 Å². The number of carbonyl (C=O) groups excluding carboxylic acids is 1. The van der Waals surface area contributed by atoms with Crippen molar-refractivity contribution in [1.29, 1.82) is 0 Å². The maximum atomic E-state index is 12.4. The van der Waals surface area contributed by atoms with Crippen molar-refractivity contribution >= 4 is 34.8 Å². The van der Waals surface area contributed by atoms with E-state index in [4.69, 9.17) is 28.9 Å². The van der Waals surface area contributed by atoms with Gasteiger partial charge < -0.3 is 10.6 Å². The van der Waals surface area contributed by atoms with Crippen molar-refractivity contribution in [1.82, 2.24) is 4.90 Å². The van der Waals surface area contributed by atoms with E-state index in [1.807, 2.05) is 4.90 Å². The molecule has 1 aliphatic rings. The minimum Gasteiger partial charge on any atom is -0.399 e. The molecule has 0 bridgehead atoms. The van der Waals surface area contributed by atoms with Gasteiger partial charge >= 0.3 is 0 Å². The summed E-state index contributed by atoms with van der Waals surface area (Å²) in [5.41, 5.74) is 6.56. The Hall–Kier alpha value is -0.930. The number of hydrogen-bond donors (Lipinski definition) is 1. The summed E-state index contributed by atoms with van der Waals surface area (Å²) < 4.78 is 0. The monoisotopic (exact) mass is 286 g/mol. The number of likely N-dealkylation sites (tertiary alicyclic amines) is 1. The molecule has 0 radical (unpaired) electrons. The highest BCUT2D eigenvalue weighted by Crippen LogP contribution is 2.31. The van der Waals surface area contributed by atoms with Crippen LogP contribution in [0.5, 0.6) is 0 Å². The van der Waals surface area contributed by atoms with E-state index >= 15 is 0 Å². The predicted molar refractivity (Wildman–Crippen MR) is 75.2 cm³/mol. The van der Waals surface area contributed by atoms with Gasteiger partial charge in [-0.1, -0.05) is 36.5 Å². The van der Waals surface area contributed by atoms with Crippen molar-refractivity contribution in [2.45, 2.75) is 19.8 Å². The number of nitrogens with two attached hydrogens (primary N) is 1. The molecule has 3 nitrogen and oxygen atoms in total. The molecule has 1 fully saturated rings. The Kier molecular flexibility index (Phi) is 4.03. The molecule has 18 heavy (non-hydrogen) atoms. The summed E-state index contributed by atoms with van der Waals surface area (Å²) in [4.78, 5) is 14.2. The summed E-state index contributed by atoms with van der Waals surface area (Å²) in [5.74, 6) is 0.509. The first-order valence-corrected chi connectivity index (χ1v) is 6.82. The van der Waals surface area contributed by atoms with Gasteiger partial charge in [0.1, 0.15) is 0 Å². The molecule has 1 saturated heterocycles. The van der Waals surface area contributed by atoms with E-state index < -0.39 is 0 Å². The fourth-order valence-corrected chi connectivity index (χ4v) is 2.70. The first-order valence-electron chi connectivity index (χ1n) is 6.06. The second-order valence-electron chi connectivity index (χ2n) is 4.68. The van der Waals surface area contributed by atoms with Crippen LogP contribution < -0.4 is 5.73 Å². The van der Waals surface area contributed by atoms with Gasteiger partial charge in [-0.2, -0.15) is 0 Å². The summed E-state index contributed by atoms with van der Waals surface area (Å²) in [6.45, 7) is 3.71. The number of nitrogen functional groups attached to an aromatic ring is 1. The molecule has 0 aromatic heterocycles. The Morgan fingerprint density at radius 2 is 2.22 bits per heavy atom. The van der Waals surface area contributed by atoms with Crippen LogP contribution in [-0.4, -0.2) is 23.9 Å². The molecular formula is C13H16Cl2N2O. The molecule has 98 valence electrons. The highest BCUT2D eigenvalue weighted by molar-refractivity contribution is 6.44. The van der Waals surface area contributed by atoms with Gasteiger partial charge in [0, 0.05) is 18.8 Å². The molecular weight excluding hydrogens is 271 g/mol. The van der Waals surface area contributed by atoms with Gasteiger partial charge in [0.15, 0.2) is 0 Å². The quantitative estimate of drug-likeness (QED) is 0.847. The van der Waals surface area contributed by atoms with Gasteiger partial charge in [-0.3, -0.25) is 4.79 Å². The number of rotatable bonds is 2. The number of hydrogen-bond acceptors (Lipinski definition) is 2. The third-order valence-electron chi connectivity index (χ3n) is 3.43. The molecule has 0 saturated carbocycles. The Morgan fingerprint density at radius 3 is 2.83 bits per heavy atom. The van der Waals surface area contributed by atoms with Crippen molar-refractivity contribution < 1.29 is 4.79 Å². The Morgan fingerprint density at radius 1 is 1.50 bits per heavy atom. The van der Waals surface area contributed by atoms with Gasteiger partial charge in [0.2, 0.25) is 0 Å². The van der Waals surface area contributed by atoms with E-state index in [0.717, 1.165) is 25.9 Å². The lowest BCUT2D eigenvalue weighted by Gasteiger charge is -2.17. The average Bonchev–Trinajstić information content (AvgIpc) is 2.81. The second kappa shape index (κ2) is 5.37. The molecule has 1 atom stereocenters. The number of benzene rings is 1. The molecule has 1 unspecified atom stereocenters. The first-order chi connectivity index (χ1) is 8.52. The smallest absolute Gasteiger partial charge is 0.255 e. The van der Waals surface area contributed by atoms with Crippen LogP contribution in [0.3, 0.4) is 0 Å².